The molecule has 0 saturated carbocycles. The first-order valence-electron chi connectivity index (χ1n) is 7.16. The zero-order valence-corrected chi connectivity index (χ0v) is 12.5. The van der Waals surface area contributed by atoms with Gasteiger partial charge in [0, 0.05) is 13.1 Å². The van der Waals surface area contributed by atoms with E-state index in [1.807, 2.05) is 7.05 Å². The number of nitrogens with zero attached hydrogens (tertiary/aromatic N) is 1. The van der Waals surface area contributed by atoms with Gasteiger partial charge in [0.25, 0.3) is 0 Å². The Morgan fingerprint density at radius 1 is 0.682 bits per heavy atom. The second-order valence-corrected chi connectivity index (χ2v) is 5.45. The van der Waals surface area contributed by atoms with Crippen molar-refractivity contribution < 1.29 is 20.4 Å². The van der Waals surface area contributed by atoms with Crippen molar-refractivity contribution in [1.82, 2.24) is 4.90 Å². The van der Waals surface area contributed by atoms with E-state index >= 15 is 0 Å². The highest BCUT2D eigenvalue weighted by Crippen LogP contribution is 2.26. The minimum absolute atomic E-state index is 0.0975. The average molecular weight is 303 g/mol. The molecule has 2 aromatic carbocycles. The number of phenolic OH excluding ortho intramolecular Hbond substituents is 4. The van der Waals surface area contributed by atoms with Gasteiger partial charge in [0.05, 0.1) is 0 Å². The van der Waals surface area contributed by atoms with Crippen LogP contribution >= 0.6 is 0 Å². The highest BCUT2D eigenvalue weighted by molar-refractivity contribution is 5.41. The van der Waals surface area contributed by atoms with E-state index in [4.69, 9.17) is 0 Å². The van der Waals surface area contributed by atoms with E-state index in [0.717, 1.165) is 37.1 Å². The molecule has 0 fully saturated rings. The molecule has 0 unspecified atom stereocenters. The maximum atomic E-state index is 9.46. The normalized spacial score (nSPS) is 11.0. The second-order valence-electron chi connectivity index (χ2n) is 5.45. The fraction of sp³-hybridized carbons (Fsp3) is 0.294. The van der Waals surface area contributed by atoms with Crippen LogP contribution in [0.25, 0.3) is 0 Å². The van der Waals surface area contributed by atoms with Crippen LogP contribution < -0.4 is 0 Å². The van der Waals surface area contributed by atoms with Crippen molar-refractivity contribution in [2.45, 2.75) is 12.8 Å². The third kappa shape index (κ3) is 4.30. The summed E-state index contributed by atoms with van der Waals surface area (Å²) >= 11 is 0. The summed E-state index contributed by atoms with van der Waals surface area (Å²) in [4.78, 5) is 2.15. The Morgan fingerprint density at radius 2 is 1.09 bits per heavy atom. The molecule has 5 nitrogen and oxygen atoms in total. The molecule has 0 aromatic heterocycles. The van der Waals surface area contributed by atoms with Gasteiger partial charge in [0.2, 0.25) is 0 Å². The molecule has 118 valence electrons. The molecule has 5 heteroatoms. The zero-order valence-electron chi connectivity index (χ0n) is 12.5. The number of hydrogen-bond acceptors (Lipinski definition) is 5. The van der Waals surface area contributed by atoms with Gasteiger partial charge < -0.3 is 25.3 Å². The van der Waals surface area contributed by atoms with Crippen molar-refractivity contribution in [2.75, 3.05) is 20.1 Å². The first-order chi connectivity index (χ1) is 10.5. The van der Waals surface area contributed by atoms with Crippen LogP contribution in [0.15, 0.2) is 36.4 Å². The van der Waals surface area contributed by atoms with Crippen LogP contribution in [-0.4, -0.2) is 45.5 Å². The minimum atomic E-state index is -0.107. The number of rotatable bonds is 6. The van der Waals surface area contributed by atoms with E-state index in [1.54, 1.807) is 24.3 Å². The molecule has 22 heavy (non-hydrogen) atoms. The third-order valence-corrected chi connectivity index (χ3v) is 3.64. The maximum absolute atomic E-state index is 9.46. The summed E-state index contributed by atoms with van der Waals surface area (Å²) in [7, 11) is 2.00. The van der Waals surface area contributed by atoms with Gasteiger partial charge in [-0.1, -0.05) is 12.1 Å². The van der Waals surface area contributed by atoms with Gasteiger partial charge in [-0.3, -0.25) is 0 Å². The van der Waals surface area contributed by atoms with Gasteiger partial charge in [-0.2, -0.15) is 0 Å². The zero-order chi connectivity index (χ0) is 16.1. The summed E-state index contributed by atoms with van der Waals surface area (Å²) in [5.41, 5.74) is 1.92. The average Bonchev–Trinajstić information content (AvgIpc) is 2.49. The van der Waals surface area contributed by atoms with Crippen molar-refractivity contribution in [2.24, 2.45) is 0 Å². The highest BCUT2D eigenvalue weighted by atomic mass is 16.3. The van der Waals surface area contributed by atoms with Crippen LogP contribution in [0.5, 0.6) is 23.0 Å². The van der Waals surface area contributed by atoms with Crippen LogP contribution in [0.2, 0.25) is 0 Å². The van der Waals surface area contributed by atoms with Gasteiger partial charge >= 0.3 is 0 Å². The Kier molecular flexibility index (Phi) is 5.12. The Morgan fingerprint density at radius 3 is 1.45 bits per heavy atom. The lowest BCUT2D eigenvalue weighted by molar-refractivity contribution is 0.341. The first kappa shape index (κ1) is 16.0. The van der Waals surface area contributed by atoms with Gasteiger partial charge in [-0.25, -0.2) is 0 Å². The summed E-state index contributed by atoms with van der Waals surface area (Å²) in [6, 6.07) is 9.71. The lowest BCUT2D eigenvalue weighted by atomic mass is 10.1. The molecule has 0 heterocycles. The van der Waals surface area contributed by atoms with E-state index in [1.165, 1.54) is 12.1 Å². The van der Waals surface area contributed by atoms with E-state index < -0.39 is 0 Å². The fourth-order valence-electron chi connectivity index (χ4n) is 2.20. The molecule has 0 saturated heterocycles. The van der Waals surface area contributed by atoms with Crippen molar-refractivity contribution in [1.29, 1.82) is 0 Å². The molecule has 4 N–H and O–H groups in total. The molecule has 0 atom stereocenters. The molecule has 2 aromatic rings. The minimum Gasteiger partial charge on any atom is -0.504 e. The molecule has 0 radical (unpaired) electrons. The largest absolute Gasteiger partial charge is 0.504 e. The van der Waals surface area contributed by atoms with Gasteiger partial charge in [0.15, 0.2) is 23.0 Å². The van der Waals surface area contributed by atoms with Crippen molar-refractivity contribution in [3.8, 4) is 23.0 Å². The summed E-state index contributed by atoms with van der Waals surface area (Å²) in [5, 5.41) is 37.5. The summed E-state index contributed by atoms with van der Waals surface area (Å²) < 4.78 is 0. The number of phenols is 4. The van der Waals surface area contributed by atoms with E-state index in [2.05, 4.69) is 4.90 Å². The quantitative estimate of drug-likeness (QED) is 0.615. The van der Waals surface area contributed by atoms with E-state index in [0.29, 0.717) is 0 Å². The monoisotopic (exact) mass is 303 g/mol. The number of likely N-dealkylation sites (N-methyl/N-ethyl adjacent to an activating group) is 1. The van der Waals surface area contributed by atoms with Crippen LogP contribution in [0.3, 0.4) is 0 Å². The first-order valence-corrected chi connectivity index (χ1v) is 7.16. The molecular formula is C17H21NO4. The maximum Gasteiger partial charge on any atom is 0.157 e. The Labute approximate surface area is 129 Å². The van der Waals surface area contributed by atoms with Crippen LogP contribution in [0.1, 0.15) is 11.1 Å². The lowest BCUT2D eigenvalue weighted by Gasteiger charge is -2.17. The predicted molar refractivity (Wildman–Crippen MR) is 84.4 cm³/mol. The van der Waals surface area contributed by atoms with Gasteiger partial charge in [0.1, 0.15) is 0 Å². The molecule has 0 amide bonds. The van der Waals surface area contributed by atoms with Gasteiger partial charge in [-0.15, -0.1) is 0 Å². The second kappa shape index (κ2) is 7.04. The summed E-state index contributed by atoms with van der Waals surface area (Å²) in [6.07, 6.45) is 1.54. The highest BCUT2D eigenvalue weighted by Gasteiger charge is 2.05. The van der Waals surface area contributed by atoms with E-state index in [-0.39, 0.29) is 23.0 Å². The van der Waals surface area contributed by atoms with Crippen LogP contribution in [-0.2, 0) is 12.8 Å². The Bertz CT molecular complexity index is 587. The van der Waals surface area contributed by atoms with Crippen molar-refractivity contribution in [3.63, 3.8) is 0 Å². The number of aromatic hydroxyl groups is 4. The molecule has 0 aliphatic heterocycles. The topological polar surface area (TPSA) is 84.2 Å². The third-order valence-electron chi connectivity index (χ3n) is 3.64. The van der Waals surface area contributed by atoms with Gasteiger partial charge in [-0.05, 0) is 55.3 Å². The molecule has 2 rings (SSSR count). The van der Waals surface area contributed by atoms with E-state index in [9.17, 15) is 20.4 Å². The fourth-order valence-corrected chi connectivity index (χ4v) is 2.20. The van der Waals surface area contributed by atoms with Crippen molar-refractivity contribution in [3.05, 3.63) is 47.5 Å². The van der Waals surface area contributed by atoms with Crippen LogP contribution in [0.4, 0.5) is 0 Å². The molecular weight excluding hydrogens is 282 g/mol. The number of hydrogen-bond donors (Lipinski definition) is 4. The summed E-state index contributed by atoms with van der Waals surface area (Å²) in [5.74, 6) is -0.409. The molecule has 0 bridgehead atoms. The predicted octanol–water partition coefficient (Wildman–Crippen LogP) is 2.23. The Balaban J connectivity index is 1.81. The van der Waals surface area contributed by atoms with Crippen molar-refractivity contribution >= 4 is 0 Å². The summed E-state index contributed by atoms with van der Waals surface area (Å²) in [6.45, 7) is 1.63. The molecule has 0 spiro atoms. The molecule has 0 aliphatic rings. The molecule has 0 aliphatic carbocycles. The smallest absolute Gasteiger partial charge is 0.157 e. The standard InChI is InChI=1S/C17H21NO4/c1-18(8-6-12-2-4-14(19)16(21)10-12)9-7-13-3-5-15(20)17(22)11-13/h2-5,10-11,19-22H,6-9H2,1H3. The van der Waals surface area contributed by atoms with Crippen LogP contribution in [0, 0.1) is 0 Å². The SMILES string of the molecule is CN(CCc1ccc(O)c(O)c1)CCc1ccc(O)c(O)c1. The number of benzene rings is 2. The lowest BCUT2D eigenvalue weighted by Crippen LogP contribution is -2.23. The Hall–Kier alpha value is -2.40.